The molecule has 8 heteroatoms. The molecule has 2 rings (SSSR count). The first-order valence-corrected chi connectivity index (χ1v) is 3.88. The summed E-state index contributed by atoms with van der Waals surface area (Å²) in [5.41, 5.74) is -2.09. The summed E-state index contributed by atoms with van der Waals surface area (Å²) < 4.78 is 62.8. The third-order valence-corrected chi connectivity index (χ3v) is 1.91. The van der Waals surface area contributed by atoms with Crippen molar-refractivity contribution in [2.24, 2.45) is 0 Å². The van der Waals surface area contributed by atoms with E-state index in [0.717, 1.165) is 6.07 Å². The Bertz CT molecular complexity index is 455. The molecule has 0 amide bonds. The fourth-order valence-corrected chi connectivity index (χ4v) is 1.18. The van der Waals surface area contributed by atoms with E-state index in [-0.39, 0.29) is 38.5 Å². The predicted octanol–water partition coefficient (Wildman–Crippen LogP) is 4.38. The zero-order chi connectivity index (χ0) is 11.2. The Balaban J connectivity index is 0.00000128. The van der Waals surface area contributed by atoms with E-state index in [4.69, 9.17) is 0 Å². The normalized spacial score (nSPS) is 12.9. The summed E-state index contributed by atoms with van der Waals surface area (Å²) in [6.07, 6.45) is -3.84. The molecule has 0 saturated heterocycles. The first kappa shape index (κ1) is 16.1. The molecule has 0 unspecified atom stereocenters. The topological polar surface area (TPSA) is 47.6 Å². The number of hydrogen-bond donors (Lipinski definition) is 0. The van der Waals surface area contributed by atoms with Gasteiger partial charge in [-0.15, -0.1) is 5.70 Å². The molecule has 1 aliphatic rings. The molecular formula is C9H5F5N2W. The molecular weight excluding hydrogens is 415 g/mol. The Labute approximate surface area is 108 Å². The molecule has 17 heavy (non-hydrogen) atoms. The van der Waals surface area contributed by atoms with Crippen LogP contribution in [0.1, 0.15) is 11.1 Å². The fourth-order valence-electron chi connectivity index (χ4n) is 1.18. The SMILES string of the molecule is Fc1ccc(C2=C[N-]2)c(F)c1C(F)(F)F.[NH2-].[W+2]. The first-order chi connectivity index (χ1) is 6.91. The van der Waals surface area contributed by atoms with Gasteiger partial charge in [-0.25, -0.2) is 8.78 Å². The van der Waals surface area contributed by atoms with Gasteiger partial charge in [0.15, 0.2) is 0 Å². The zero-order valence-electron chi connectivity index (χ0n) is 8.05. The van der Waals surface area contributed by atoms with Gasteiger partial charge in [0, 0.05) is 0 Å². The van der Waals surface area contributed by atoms with E-state index in [9.17, 15) is 22.0 Å². The van der Waals surface area contributed by atoms with Gasteiger partial charge in [-0.05, 0) is 11.6 Å². The molecule has 0 saturated carbocycles. The smallest absolute Gasteiger partial charge is 0.693 e. The Morgan fingerprint density at radius 3 is 2.00 bits per heavy atom. The molecule has 0 fully saturated rings. The molecule has 0 spiro atoms. The average Bonchev–Trinajstić information content (AvgIpc) is 2.84. The van der Waals surface area contributed by atoms with Gasteiger partial charge in [-0.2, -0.15) is 19.4 Å². The van der Waals surface area contributed by atoms with Crippen LogP contribution in [-0.4, -0.2) is 0 Å². The molecule has 0 atom stereocenters. The van der Waals surface area contributed by atoms with E-state index in [1.165, 1.54) is 6.20 Å². The molecule has 0 aromatic heterocycles. The summed E-state index contributed by atoms with van der Waals surface area (Å²) in [5.74, 6) is -3.24. The molecule has 0 radical (unpaired) electrons. The summed E-state index contributed by atoms with van der Waals surface area (Å²) in [6.45, 7) is 0. The Kier molecular flexibility index (Phi) is 4.86. The molecule has 1 aromatic rings. The number of hydrogen-bond acceptors (Lipinski definition) is 0. The molecule has 1 heterocycles. The standard InChI is InChI=1S/C9H3F5N.H2N.W/c10-5-2-1-4(6-3-15-6)8(11)7(5)9(12,13)14;;/h1-3H;1H2;/q2*-1;+2. The molecule has 2 nitrogen and oxygen atoms in total. The molecule has 0 bridgehead atoms. The van der Waals surface area contributed by atoms with Crippen molar-refractivity contribution in [3.05, 3.63) is 52.6 Å². The van der Waals surface area contributed by atoms with Crippen molar-refractivity contribution in [2.45, 2.75) is 6.18 Å². The van der Waals surface area contributed by atoms with E-state index >= 15 is 0 Å². The summed E-state index contributed by atoms with van der Waals surface area (Å²) in [6, 6.07) is 1.51. The van der Waals surface area contributed by atoms with Crippen LogP contribution >= 0.6 is 0 Å². The largest absolute Gasteiger partial charge is 2.00 e. The van der Waals surface area contributed by atoms with Crippen LogP contribution in [0.2, 0.25) is 0 Å². The molecule has 1 aliphatic heterocycles. The minimum absolute atomic E-state index is 0. The van der Waals surface area contributed by atoms with Crippen molar-refractivity contribution < 1.29 is 43.0 Å². The first-order valence-electron chi connectivity index (χ1n) is 3.88. The second kappa shape index (κ2) is 5.14. The van der Waals surface area contributed by atoms with Crippen molar-refractivity contribution in [2.75, 3.05) is 0 Å². The minimum Gasteiger partial charge on any atom is -0.693 e. The maximum atomic E-state index is 13.3. The molecule has 1 aromatic carbocycles. The Hall–Kier alpha value is -0.942. The number of nitrogens with zero attached hydrogens (tertiary/aromatic N) is 1. The van der Waals surface area contributed by atoms with E-state index in [1.54, 1.807) is 0 Å². The van der Waals surface area contributed by atoms with Crippen LogP contribution in [0.5, 0.6) is 0 Å². The van der Waals surface area contributed by atoms with Crippen molar-refractivity contribution in [3.63, 3.8) is 0 Å². The van der Waals surface area contributed by atoms with Gasteiger partial charge in [-0.1, -0.05) is 6.07 Å². The maximum Gasteiger partial charge on any atom is 2.00 e. The van der Waals surface area contributed by atoms with Gasteiger partial charge >= 0.3 is 27.2 Å². The average molecular weight is 420 g/mol. The number of nitrogens with two attached hydrogens (primary N) is 1. The van der Waals surface area contributed by atoms with E-state index in [2.05, 4.69) is 5.32 Å². The minimum atomic E-state index is -5.04. The second-order valence-corrected chi connectivity index (χ2v) is 2.93. The Morgan fingerprint density at radius 1 is 1.06 bits per heavy atom. The van der Waals surface area contributed by atoms with Gasteiger partial charge in [0.05, 0.1) is 0 Å². The van der Waals surface area contributed by atoms with Crippen LogP contribution in [0.25, 0.3) is 17.2 Å². The van der Waals surface area contributed by atoms with Gasteiger partial charge < -0.3 is 11.5 Å². The van der Waals surface area contributed by atoms with Crippen LogP contribution in [0.4, 0.5) is 22.0 Å². The monoisotopic (exact) mass is 420 g/mol. The number of alkyl halides is 3. The van der Waals surface area contributed by atoms with E-state index in [0.29, 0.717) is 6.07 Å². The molecule has 2 N–H and O–H groups in total. The van der Waals surface area contributed by atoms with Gasteiger partial charge in [0.1, 0.15) is 17.2 Å². The fraction of sp³-hybridized carbons (Fsp3) is 0.111. The van der Waals surface area contributed by atoms with Crippen LogP contribution in [-0.2, 0) is 27.2 Å². The summed E-state index contributed by atoms with van der Waals surface area (Å²) in [7, 11) is 0. The second-order valence-electron chi connectivity index (χ2n) is 2.93. The number of benzene rings is 1. The third-order valence-electron chi connectivity index (χ3n) is 1.91. The molecule has 0 aliphatic carbocycles. The van der Waals surface area contributed by atoms with E-state index in [1.807, 2.05) is 0 Å². The zero-order valence-corrected chi connectivity index (χ0v) is 11.0. The van der Waals surface area contributed by atoms with Crippen molar-refractivity contribution in [1.82, 2.24) is 0 Å². The van der Waals surface area contributed by atoms with Crippen LogP contribution in [0.15, 0.2) is 18.3 Å². The number of rotatable bonds is 1. The van der Waals surface area contributed by atoms with Crippen LogP contribution in [0, 0.1) is 11.6 Å². The van der Waals surface area contributed by atoms with Gasteiger partial charge in [-0.3, -0.25) is 0 Å². The van der Waals surface area contributed by atoms with Crippen molar-refractivity contribution in [1.29, 1.82) is 0 Å². The van der Waals surface area contributed by atoms with Gasteiger partial charge in [0.25, 0.3) is 0 Å². The van der Waals surface area contributed by atoms with E-state index < -0.39 is 23.4 Å². The number of halogens is 5. The maximum absolute atomic E-state index is 13.3. The summed E-state index contributed by atoms with van der Waals surface area (Å²) >= 11 is 0. The summed E-state index contributed by atoms with van der Waals surface area (Å²) in [5, 5.41) is 3.45. The Morgan fingerprint density at radius 2 is 1.59 bits per heavy atom. The van der Waals surface area contributed by atoms with Crippen molar-refractivity contribution >= 4 is 5.70 Å². The third kappa shape index (κ3) is 3.04. The van der Waals surface area contributed by atoms with Crippen LogP contribution in [0.3, 0.4) is 0 Å². The van der Waals surface area contributed by atoms with Gasteiger partial charge in [0.2, 0.25) is 0 Å². The van der Waals surface area contributed by atoms with Crippen LogP contribution < -0.4 is 0 Å². The molecule has 92 valence electrons. The summed E-state index contributed by atoms with van der Waals surface area (Å²) in [4.78, 5) is 0. The quantitative estimate of drug-likeness (QED) is 0.606. The van der Waals surface area contributed by atoms with Crippen molar-refractivity contribution in [3.8, 4) is 0 Å². The predicted molar refractivity (Wildman–Crippen MR) is 48.0 cm³/mol.